The summed E-state index contributed by atoms with van der Waals surface area (Å²) in [6.07, 6.45) is 0.594. The molecule has 0 fully saturated rings. The van der Waals surface area contributed by atoms with Gasteiger partial charge in [-0.05, 0) is 41.8 Å². The first-order chi connectivity index (χ1) is 13.6. The Kier molecular flexibility index (Phi) is 4.29. The minimum atomic E-state index is -0.257. The minimum absolute atomic E-state index is 0.123. The molecule has 3 aromatic rings. The van der Waals surface area contributed by atoms with E-state index in [4.69, 9.17) is 21.4 Å². The maximum absolute atomic E-state index is 6.40. The number of hydrogen-bond acceptors (Lipinski definition) is 5. The first-order valence-corrected chi connectivity index (χ1v) is 10.5. The number of hydrazone groups is 1. The van der Waals surface area contributed by atoms with Crippen LogP contribution in [0.2, 0.25) is 5.02 Å². The SMILES string of the molecule is CN(C)c1ccc([C@H]2Oc3ccc(Cl)cc3[C@H]3CC(c4cccs4)=NN32)cc1. The number of hydrogen-bond donors (Lipinski definition) is 0. The normalized spacial score (nSPS) is 20.2. The molecule has 0 N–H and O–H groups in total. The molecule has 5 rings (SSSR count). The highest BCUT2D eigenvalue weighted by atomic mass is 35.5. The van der Waals surface area contributed by atoms with Crippen molar-refractivity contribution < 1.29 is 4.74 Å². The van der Waals surface area contributed by atoms with E-state index in [0.717, 1.165) is 39.7 Å². The van der Waals surface area contributed by atoms with Gasteiger partial charge in [0.25, 0.3) is 0 Å². The van der Waals surface area contributed by atoms with E-state index in [2.05, 4.69) is 51.7 Å². The van der Waals surface area contributed by atoms with E-state index < -0.39 is 0 Å². The Morgan fingerprint density at radius 2 is 1.96 bits per heavy atom. The minimum Gasteiger partial charge on any atom is -0.464 e. The van der Waals surface area contributed by atoms with Gasteiger partial charge in [-0.2, -0.15) is 5.10 Å². The maximum Gasteiger partial charge on any atom is 0.213 e. The summed E-state index contributed by atoms with van der Waals surface area (Å²) in [4.78, 5) is 3.30. The lowest BCUT2D eigenvalue weighted by Gasteiger charge is -2.38. The lowest BCUT2D eigenvalue weighted by atomic mass is 9.97. The predicted molar refractivity (Wildman–Crippen MR) is 116 cm³/mol. The van der Waals surface area contributed by atoms with Crippen molar-refractivity contribution in [2.24, 2.45) is 5.10 Å². The second-order valence-electron chi connectivity index (χ2n) is 7.26. The van der Waals surface area contributed by atoms with Crippen LogP contribution in [0.1, 0.15) is 34.7 Å². The number of ether oxygens (including phenoxy) is 1. The Morgan fingerprint density at radius 1 is 1.14 bits per heavy atom. The van der Waals surface area contributed by atoms with E-state index in [9.17, 15) is 0 Å². The zero-order chi connectivity index (χ0) is 19.3. The molecule has 0 amide bonds. The molecule has 0 saturated carbocycles. The summed E-state index contributed by atoms with van der Waals surface area (Å²) in [6, 6.07) is 18.7. The second kappa shape index (κ2) is 6.83. The summed E-state index contributed by atoms with van der Waals surface area (Å²) >= 11 is 8.01. The van der Waals surface area contributed by atoms with Crippen molar-refractivity contribution >= 4 is 34.3 Å². The average Bonchev–Trinajstić information content (AvgIpc) is 3.37. The van der Waals surface area contributed by atoms with Gasteiger partial charge in [0, 0.05) is 42.4 Å². The topological polar surface area (TPSA) is 28.1 Å². The summed E-state index contributed by atoms with van der Waals surface area (Å²) in [5, 5.41) is 9.89. The van der Waals surface area contributed by atoms with Crippen LogP contribution in [0.3, 0.4) is 0 Å². The Bertz CT molecular complexity index is 1030. The van der Waals surface area contributed by atoms with Crippen LogP contribution in [0.4, 0.5) is 5.69 Å². The first-order valence-electron chi connectivity index (χ1n) is 9.23. The van der Waals surface area contributed by atoms with Crippen LogP contribution in [0, 0.1) is 0 Å². The van der Waals surface area contributed by atoms with Gasteiger partial charge in [-0.3, -0.25) is 0 Å². The molecule has 0 saturated heterocycles. The molecule has 2 aromatic carbocycles. The molecular weight excluding hydrogens is 390 g/mol. The predicted octanol–water partition coefficient (Wildman–Crippen LogP) is 5.71. The van der Waals surface area contributed by atoms with Gasteiger partial charge in [0.15, 0.2) is 0 Å². The largest absolute Gasteiger partial charge is 0.464 e. The fourth-order valence-corrected chi connectivity index (χ4v) is 4.71. The van der Waals surface area contributed by atoms with Crippen LogP contribution in [0.15, 0.2) is 65.1 Å². The Hall–Kier alpha value is -2.50. The van der Waals surface area contributed by atoms with Crippen LogP contribution in [-0.4, -0.2) is 24.8 Å². The molecule has 3 heterocycles. The Morgan fingerprint density at radius 3 is 2.68 bits per heavy atom. The summed E-state index contributed by atoms with van der Waals surface area (Å²) in [6.45, 7) is 0. The van der Waals surface area contributed by atoms with Crippen LogP contribution in [0.5, 0.6) is 5.75 Å². The van der Waals surface area contributed by atoms with Gasteiger partial charge in [0.05, 0.1) is 16.6 Å². The number of thiophene rings is 1. The standard InChI is InChI=1S/C22H20ClN3OS/c1-25(2)16-8-5-14(6-9-16)22-26-19(13-18(24-26)21-4-3-11-28-21)17-12-15(23)7-10-20(17)27-22/h3-12,19,22H,13H2,1-2H3/t19-,22-/m1/s1. The van der Waals surface area contributed by atoms with E-state index in [1.807, 2.05) is 32.3 Å². The monoisotopic (exact) mass is 409 g/mol. The molecule has 0 unspecified atom stereocenters. The van der Waals surface area contributed by atoms with Crippen molar-refractivity contribution in [1.82, 2.24) is 5.01 Å². The van der Waals surface area contributed by atoms with Gasteiger partial charge < -0.3 is 9.64 Å². The lowest BCUT2D eigenvalue weighted by molar-refractivity contribution is -0.0190. The summed E-state index contributed by atoms with van der Waals surface area (Å²) in [7, 11) is 4.08. The van der Waals surface area contributed by atoms with Crippen molar-refractivity contribution in [3.8, 4) is 5.75 Å². The maximum atomic E-state index is 6.40. The Balaban J connectivity index is 1.57. The van der Waals surface area contributed by atoms with E-state index in [-0.39, 0.29) is 12.3 Å². The third kappa shape index (κ3) is 2.95. The van der Waals surface area contributed by atoms with Crippen LogP contribution < -0.4 is 9.64 Å². The molecule has 0 radical (unpaired) electrons. The molecule has 28 heavy (non-hydrogen) atoms. The average molecular weight is 410 g/mol. The van der Waals surface area contributed by atoms with Crippen molar-refractivity contribution in [1.29, 1.82) is 0 Å². The van der Waals surface area contributed by atoms with Gasteiger partial charge >= 0.3 is 0 Å². The molecule has 0 aliphatic carbocycles. The molecule has 2 aliphatic heterocycles. The van der Waals surface area contributed by atoms with E-state index in [0.29, 0.717) is 0 Å². The molecule has 2 aliphatic rings. The lowest BCUT2D eigenvalue weighted by Crippen LogP contribution is -2.33. The summed E-state index contributed by atoms with van der Waals surface area (Å²) in [5.74, 6) is 0.884. The van der Waals surface area contributed by atoms with Crippen LogP contribution in [0.25, 0.3) is 0 Å². The third-order valence-electron chi connectivity index (χ3n) is 5.25. The molecule has 2 atom stereocenters. The van der Waals surface area contributed by atoms with Crippen molar-refractivity contribution in [3.05, 3.63) is 81.0 Å². The molecule has 0 bridgehead atoms. The van der Waals surface area contributed by atoms with E-state index in [1.165, 1.54) is 4.88 Å². The number of rotatable bonds is 3. The van der Waals surface area contributed by atoms with Crippen molar-refractivity contribution in [2.45, 2.75) is 18.7 Å². The number of anilines is 1. The highest BCUT2D eigenvalue weighted by molar-refractivity contribution is 7.12. The van der Waals surface area contributed by atoms with Gasteiger partial charge in [0.2, 0.25) is 6.23 Å². The fourth-order valence-electron chi connectivity index (χ4n) is 3.81. The summed E-state index contributed by atoms with van der Waals surface area (Å²) < 4.78 is 6.40. The molecule has 6 heteroatoms. The molecule has 142 valence electrons. The molecule has 1 aromatic heterocycles. The van der Waals surface area contributed by atoms with Crippen molar-refractivity contribution in [2.75, 3.05) is 19.0 Å². The van der Waals surface area contributed by atoms with Crippen molar-refractivity contribution in [3.63, 3.8) is 0 Å². The number of nitrogens with zero attached hydrogens (tertiary/aromatic N) is 3. The first kappa shape index (κ1) is 17.6. The number of benzene rings is 2. The van der Waals surface area contributed by atoms with Crippen LogP contribution >= 0.6 is 22.9 Å². The third-order valence-corrected chi connectivity index (χ3v) is 6.41. The molecular formula is C22H20ClN3OS. The van der Waals surface area contributed by atoms with Crippen LogP contribution in [-0.2, 0) is 0 Å². The highest BCUT2D eigenvalue weighted by Gasteiger charge is 2.41. The van der Waals surface area contributed by atoms with Gasteiger partial charge in [0.1, 0.15) is 5.75 Å². The molecule has 4 nitrogen and oxygen atoms in total. The van der Waals surface area contributed by atoms with Gasteiger partial charge in [-0.25, -0.2) is 5.01 Å². The Labute approximate surface area is 173 Å². The number of fused-ring (bicyclic) bond motifs is 3. The zero-order valence-electron chi connectivity index (χ0n) is 15.7. The molecule has 0 spiro atoms. The van der Waals surface area contributed by atoms with E-state index in [1.54, 1.807) is 11.3 Å². The van der Waals surface area contributed by atoms with E-state index >= 15 is 0 Å². The quantitative estimate of drug-likeness (QED) is 0.554. The van der Waals surface area contributed by atoms with Gasteiger partial charge in [-0.1, -0.05) is 29.8 Å². The second-order valence-corrected chi connectivity index (χ2v) is 8.65. The number of halogens is 1. The fraction of sp³-hybridized carbons (Fsp3) is 0.227. The highest BCUT2D eigenvalue weighted by Crippen LogP contribution is 2.48. The smallest absolute Gasteiger partial charge is 0.213 e. The summed E-state index contributed by atoms with van der Waals surface area (Å²) in [5.41, 5.74) is 4.45. The zero-order valence-corrected chi connectivity index (χ0v) is 17.2. The van der Waals surface area contributed by atoms with Gasteiger partial charge in [-0.15, -0.1) is 11.3 Å².